The van der Waals surface area contributed by atoms with E-state index in [2.05, 4.69) is 5.10 Å². The molecule has 2 aromatic carbocycles. The Kier molecular flexibility index (Phi) is 4.55. The fraction of sp³-hybridized carbons (Fsp3) is 0. The molecular weight excluding hydrogens is 328 g/mol. The Morgan fingerprint density at radius 1 is 1.09 bits per heavy atom. The molecule has 6 heteroatoms. The van der Waals surface area contributed by atoms with Gasteiger partial charge >= 0.3 is 0 Å². The number of aromatic hydroxyl groups is 1. The van der Waals surface area contributed by atoms with Crippen molar-refractivity contribution in [3.63, 3.8) is 0 Å². The standard InChI is InChI=1S/C17H12N2O2S2/c20-14-9-5-4-8-13(14)11-18-19-16(21)15(23-17(19)22)10-12-6-2-1-3-7-12/h1-11,20H/b15-10+,18-11+. The lowest BCUT2D eigenvalue weighted by Gasteiger charge is -2.06. The molecule has 1 aliphatic heterocycles. The molecule has 2 aromatic rings. The minimum atomic E-state index is -0.268. The molecule has 0 spiro atoms. The van der Waals surface area contributed by atoms with Gasteiger partial charge in [0.2, 0.25) is 0 Å². The molecule has 3 rings (SSSR count). The lowest BCUT2D eigenvalue weighted by atomic mass is 10.2. The predicted octanol–water partition coefficient (Wildman–Crippen LogP) is 3.63. The molecule has 4 nitrogen and oxygen atoms in total. The van der Waals surface area contributed by atoms with E-state index >= 15 is 0 Å². The van der Waals surface area contributed by atoms with E-state index < -0.39 is 0 Å². The highest BCUT2D eigenvalue weighted by Gasteiger charge is 2.32. The van der Waals surface area contributed by atoms with Crippen LogP contribution in [0.1, 0.15) is 11.1 Å². The van der Waals surface area contributed by atoms with Crippen molar-refractivity contribution in [2.45, 2.75) is 0 Å². The van der Waals surface area contributed by atoms with E-state index in [0.717, 1.165) is 5.56 Å². The number of phenolic OH excluding ortho intramolecular Hbond substituents is 1. The van der Waals surface area contributed by atoms with Crippen molar-refractivity contribution in [3.05, 3.63) is 70.6 Å². The molecular formula is C17H12N2O2S2. The molecule has 0 saturated carbocycles. The van der Waals surface area contributed by atoms with Gasteiger partial charge in [-0.1, -0.05) is 54.2 Å². The maximum Gasteiger partial charge on any atom is 0.286 e. The number of phenols is 1. The molecule has 1 amide bonds. The number of hydrogen-bond donors (Lipinski definition) is 1. The molecule has 0 atom stereocenters. The smallest absolute Gasteiger partial charge is 0.286 e. The highest BCUT2D eigenvalue weighted by atomic mass is 32.2. The minimum Gasteiger partial charge on any atom is -0.507 e. The maximum absolute atomic E-state index is 12.4. The van der Waals surface area contributed by atoms with Crippen LogP contribution in [0.25, 0.3) is 6.08 Å². The number of rotatable bonds is 3. The summed E-state index contributed by atoms with van der Waals surface area (Å²) >= 11 is 6.42. The van der Waals surface area contributed by atoms with Crippen molar-refractivity contribution in [2.75, 3.05) is 0 Å². The van der Waals surface area contributed by atoms with E-state index in [1.54, 1.807) is 30.3 Å². The van der Waals surface area contributed by atoms with Crippen molar-refractivity contribution in [1.82, 2.24) is 5.01 Å². The summed E-state index contributed by atoms with van der Waals surface area (Å²) in [5.41, 5.74) is 1.45. The highest BCUT2D eigenvalue weighted by molar-refractivity contribution is 8.26. The van der Waals surface area contributed by atoms with Crippen molar-refractivity contribution in [1.29, 1.82) is 0 Å². The number of amides is 1. The SMILES string of the molecule is O=C1/C(=C\c2ccccc2)SC(=S)N1/N=C/c1ccccc1O. The van der Waals surface area contributed by atoms with Gasteiger partial charge in [0.05, 0.1) is 11.1 Å². The van der Waals surface area contributed by atoms with Gasteiger partial charge in [0.1, 0.15) is 5.75 Å². The Labute approximate surface area is 143 Å². The first-order valence-electron chi connectivity index (χ1n) is 6.80. The predicted molar refractivity (Wildman–Crippen MR) is 97.2 cm³/mol. The lowest BCUT2D eigenvalue weighted by Crippen LogP contribution is -2.22. The summed E-state index contributed by atoms with van der Waals surface area (Å²) in [4.78, 5) is 12.9. The largest absolute Gasteiger partial charge is 0.507 e. The van der Waals surface area contributed by atoms with Gasteiger partial charge < -0.3 is 5.11 Å². The average Bonchev–Trinajstić information content (AvgIpc) is 2.82. The Bertz CT molecular complexity index is 816. The molecule has 0 radical (unpaired) electrons. The first-order chi connectivity index (χ1) is 11.1. The van der Waals surface area contributed by atoms with Crippen LogP contribution in [0.4, 0.5) is 0 Å². The van der Waals surface area contributed by atoms with Gasteiger partial charge in [-0.05, 0) is 36.0 Å². The highest BCUT2D eigenvalue weighted by Crippen LogP contribution is 2.32. The molecule has 23 heavy (non-hydrogen) atoms. The third kappa shape index (κ3) is 3.49. The zero-order valence-electron chi connectivity index (χ0n) is 11.9. The van der Waals surface area contributed by atoms with Crippen molar-refractivity contribution in [2.24, 2.45) is 5.10 Å². The van der Waals surface area contributed by atoms with E-state index in [1.165, 1.54) is 23.0 Å². The van der Waals surface area contributed by atoms with E-state index in [0.29, 0.717) is 14.8 Å². The Balaban J connectivity index is 1.82. The number of hydrazone groups is 1. The molecule has 114 valence electrons. The molecule has 0 aliphatic carbocycles. The fourth-order valence-corrected chi connectivity index (χ4v) is 3.15. The fourth-order valence-electron chi connectivity index (χ4n) is 1.98. The molecule has 1 N–H and O–H groups in total. The number of thioether (sulfide) groups is 1. The number of carbonyl (C=O) groups excluding carboxylic acids is 1. The van der Waals surface area contributed by atoms with Crippen LogP contribution in [0.3, 0.4) is 0 Å². The second-order valence-electron chi connectivity index (χ2n) is 4.71. The monoisotopic (exact) mass is 340 g/mol. The minimum absolute atomic E-state index is 0.0986. The molecule has 1 heterocycles. The number of nitrogens with zero attached hydrogens (tertiary/aromatic N) is 2. The Hall–Kier alpha value is -2.44. The van der Waals surface area contributed by atoms with E-state index in [1.807, 2.05) is 30.3 Å². The van der Waals surface area contributed by atoms with Crippen LogP contribution in [-0.2, 0) is 4.79 Å². The zero-order valence-corrected chi connectivity index (χ0v) is 13.6. The normalized spacial score (nSPS) is 16.7. The Morgan fingerprint density at radius 2 is 1.78 bits per heavy atom. The molecule has 0 bridgehead atoms. The Morgan fingerprint density at radius 3 is 2.52 bits per heavy atom. The van der Waals surface area contributed by atoms with Crippen LogP contribution < -0.4 is 0 Å². The van der Waals surface area contributed by atoms with Crippen LogP contribution in [0.5, 0.6) is 5.75 Å². The van der Waals surface area contributed by atoms with Crippen LogP contribution in [0, 0.1) is 0 Å². The number of benzene rings is 2. The van der Waals surface area contributed by atoms with Gasteiger partial charge in [-0.3, -0.25) is 4.79 Å². The number of para-hydroxylation sites is 1. The van der Waals surface area contributed by atoms with Gasteiger partial charge in [0, 0.05) is 5.56 Å². The number of thiocarbonyl (C=S) groups is 1. The molecule has 0 unspecified atom stereocenters. The topological polar surface area (TPSA) is 52.9 Å². The molecule has 1 aliphatic rings. The maximum atomic E-state index is 12.4. The first kappa shape index (κ1) is 15.5. The van der Waals surface area contributed by atoms with E-state index in [9.17, 15) is 9.90 Å². The lowest BCUT2D eigenvalue weighted by molar-refractivity contribution is -0.122. The summed E-state index contributed by atoms with van der Waals surface area (Å²) in [5, 5.41) is 15.0. The molecule has 1 fully saturated rings. The van der Waals surface area contributed by atoms with Gasteiger partial charge in [0.25, 0.3) is 5.91 Å². The van der Waals surface area contributed by atoms with Crippen molar-refractivity contribution >= 4 is 46.5 Å². The molecule has 1 saturated heterocycles. The van der Waals surface area contributed by atoms with Crippen molar-refractivity contribution < 1.29 is 9.90 Å². The second-order valence-corrected chi connectivity index (χ2v) is 6.38. The quantitative estimate of drug-likeness (QED) is 0.527. The number of carbonyl (C=O) groups is 1. The zero-order chi connectivity index (χ0) is 16.2. The molecule has 0 aromatic heterocycles. The summed E-state index contributed by atoms with van der Waals surface area (Å²) < 4.78 is 0.365. The first-order valence-corrected chi connectivity index (χ1v) is 8.02. The van der Waals surface area contributed by atoms with Gasteiger partial charge in [-0.15, -0.1) is 0 Å². The van der Waals surface area contributed by atoms with Crippen LogP contribution in [0.15, 0.2) is 64.6 Å². The van der Waals surface area contributed by atoms with Gasteiger partial charge in [0.15, 0.2) is 4.32 Å². The third-order valence-electron chi connectivity index (χ3n) is 3.12. The van der Waals surface area contributed by atoms with Crippen molar-refractivity contribution in [3.8, 4) is 5.75 Å². The third-order valence-corrected chi connectivity index (χ3v) is 4.40. The van der Waals surface area contributed by atoms with E-state index in [4.69, 9.17) is 12.2 Å². The van der Waals surface area contributed by atoms with Crippen LogP contribution in [0.2, 0.25) is 0 Å². The van der Waals surface area contributed by atoms with Crippen LogP contribution >= 0.6 is 24.0 Å². The summed E-state index contributed by atoms with van der Waals surface area (Å²) in [6.07, 6.45) is 3.21. The average molecular weight is 340 g/mol. The summed E-state index contributed by atoms with van der Waals surface area (Å²) in [6, 6.07) is 16.3. The summed E-state index contributed by atoms with van der Waals surface area (Å²) in [5.74, 6) is -0.169. The van der Waals surface area contributed by atoms with E-state index in [-0.39, 0.29) is 11.7 Å². The summed E-state index contributed by atoms with van der Waals surface area (Å²) in [7, 11) is 0. The number of hydrogen-bond acceptors (Lipinski definition) is 5. The summed E-state index contributed by atoms with van der Waals surface area (Å²) in [6.45, 7) is 0. The van der Waals surface area contributed by atoms with Gasteiger partial charge in [-0.2, -0.15) is 10.1 Å². The van der Waals surface area contributed by atoms with Gasteiger partial charge in [-0.25, -0.2) is 0 Å². The van der Waals surface area contributed by atoms with Crippen LogP contribution in [-0.4, -0.2) is 26.6 Å². The second kappa shape index (κ2) is 6.76.